The number of carbonyl (C=O) groups excluding carboxylic acids is 1. The van der Waals surface area contributed by atoms with Gasteiger partial charge in [0, 0.05) is 11.1 Å². The van der Waals surface area contributed by atoms with Gasteiger partial charge in [-0.25, -0.2) is 9.37 Å². The van der Waals surface area contributed by atoms with Gasteiger partial charge in [0.15, 0.2) is 11.4 Å². The molecular formula is C21H14FN3O4S. The summed E-state index contributed by atoms with van der Waals surface area (Å²) in [6, 6.07) is 14.7. The van der Waals surface area contributed by atoms with Gasteiger partial charge >= 0.3 is 5.97 Å². The first kappa shape index (κ1) is 19.5. The van der Waals surface area contributed by atoms with Gasteiger partial charge in [-0.2, -0.15) is 4.37 Å². The van der Waals surface area contributed by atoms with Gasteiger partial charge in [0.25, 0.3) is 5.91 Å². The summed E-state index contributed by atoms with van der Waals surface area (Å²) in [6.07, 6.45) is 0. The fourth-order valence-electron chi connectivity index (χ4n) is 3.00. The number of nitrogens with zero attached hydrogens (tertiary/aromatic N) is 2. The van der Waals surface area contributed by atoms with Crippen LogP contribution in [0.15, 0.2) is 54.6 Å². The summed E-state index contributed by atoms with van der Waals surface area (Å²) in [6.45, 7) is -0.628. The van der Waals surface area contributed by atoms with Crippen LogP contribution in [-0.4, -0.2) is 38.0 Å². The Hall–Kier alpha value is -3.85. The van der Waals surface area contributed by atoms with Crippen molar-refractivity contribution < 1.29 is 24.2 Å². The van der Waals surface area contributed by atoms with Crippen molar-refractivity contribution in [1.29, 1.82) is 0 Å². The second-order valence-corrected chi connectivity index (χ2v) is 7.12. The topological polar surface area (TPSA) is 112 Å². The lowest BCUT2D eigenvalue weighted by atomic mass is 10.0. The fourth-order valence-corrected chi connectivity index (χ4v) is 3.91. The van der Waals surface area contributed by atoms with Gasteiger partial charge in [0.05, 0.1) is 21.5 Å². The highest BCUT2D eigenvalue weighted by Crippen LogP contribution is 2.42. The Bertz CT molecular complexity index is 1260. The number of carbonyl (C=O) groups is 2. The van der Waals surface area contributed by atoms with Crippen LogP contribution in [0.3, 0.4) is 0 Å². The molecule has 150 valence electrons. The normalized spacial score (nSPS) is 10.8. The summed E-state index contributed by atoms with van der Waals surface area (Å²) in [7, 11) is 0. The number of benzene rings is 2. The highest BCUT2D eigenvalue weighted by molar-refractivity contribution is 7.14. The molecule has 4 aromatic rings. The van der Waals surface area contributed by atoms with Crippen molar-refractivity contribution in [1.82, 2.24) is 14.7 Å². The van der Waals surface area contributed by atoms with Crippen molar-refractivity contribution in [2.24, 2.45) is 0 Å². The Morgan fingerprint density at radius 1 is 1.00 bits per heavy atom. The molecule has 7 nitrogen and oxygen atoms in total. The van der Waals surface area contributed by atoms with Crippen LogP contribution in [0.25, 0.3) is 32.6 Å². The molecule has 0 aliphatic carbocycles. The molecule has 0 radical (unpaired) electrons. The van der Waals surface area contributed by atoms with Gasteiger partial charge in [0.1, 0.15) is 12.4 Å². The number of hydrogen-bond donors (Lipinski definition) is 3. The molecule has 0 saturated heterocycles. The number of hydrogen-bond acceptors (Lipinski definition) is 6. The average molecular weight is 423 g/mol. The molecule has 3 N–H and O–H groups in total. The first-order chi connectivity index (χ1) is 14.5. The van der Waals surface area contributed by atoms with Crippen molar-refractivity contribution in [3.63, 3.8) is 0 Å². The van der Waals surface area contributed by atoms with E-state index in [1.807, 2.05) is 30.3 Å². The van der Waals surface area contributed by atoms with Gasteiger partial charge in [-0.05, 0) is 35.8 Å². The van der Waals surface area contributed by atoms with Crippen LogP contribution in [0.1, 0.15) is 10.5 Å². The fraction of sp³-hybridized carbons (Fsp3) is 0.0476. The van der Waals surface area contributed by atoms with E-state index in [1.54, 1.807) is 0 Å². The van der Waals surface area contributed by atoms with E-state index in [1.165, 1.54) is 24.3 Å². The van der Waals surface area contributed by atoms with Crippen molar-refractivity contribution in [3.8, 4) is 28.3 Å². The number of amides is 1. The van der Waals surface area contributed by atoms with Crippen LogP contribution in [-0.2, 0) is 4.79 Å². The number of aromatic nitrogens is 2. The maximum absolute atomic E-state index is 13.4. The third-order valence-corrected chi connectivity index (χ3v) is 5.23. The lowest BCUT2D eigenvalue weighted by molar-refractivity contribution is -0.135. The Morgan fingerprint density at radius 2 is 1.67 bits per heavy atom. The zero-order valence-electron chi connectivity index (χ0n) is 15.3. The van der Waals surface area contributed by atoms with E-state index in [4.69, 9.17) is 5.11 Å². The van der Waals surface area contributed by atoms with Crippen LogP contribution in [0.2, 0.25) is 0 Å². The SMILES string of the molecule is O=C(O)CNC(=O)c1nc(-c2ccc(F)cc2)c2snc(-c3ccccc3)c2c1O. The third-order valence-electron chi connectivity index (χ3n) is 4.37. The average Bonchev–Trinajstić information content (AvgIpc) is 3.19. The van der Waals surface area contributed by atoms with Crippen molar-refractivity contribution in [2.45, 2.75) is 0 Å². The molecule has 0 fully saturated rings. The van der Waals surface area contributed by atoms with Crippen molar-refractivity contribution >= 4 is 33.5 Å². The zero-order valence-corrected chi connectivity index (χ0v) is 16.1. The number of aromatic hydroxyl groups is 1. The lowest BCUT2D eigenvalue weighted by Gasteiger charge is -2.10. The van der Waals surface area contributed by atoms with Crippen LogP contribution < -0.4 is 5.32 Å². The monoisotopic (exact) mass is 423 g/mol. The first-order valence-electron chi connectivity index (χ1n) is 8.79. The number of halogens is 1. The number of fused-ring (bicyclic) bond motifs is 1. The zero-order chi connectivity index (χ0) is 21.3. The van der Waals surface area contributed by atoms with E-state index in [0.29, 0.717) is 27.0 Å². The maximum Gasteiger partial charge on any atom is 0.322 e. The van der Waals surface area contributed by atoms with Crippen molar-refractivity contribution in [3.05, 3.63) is 66.1 Å². The van der Waals surface area contributed by atoms with E-state index in [-0.39, 0.29) is 5.69 Å². The molecule has 9 heteroatoms. The lowest BCUT2D eigenvalue weighted by Crippen LogP contribution is -2.30. The highest BCUT2D eigenvalue weighted by atomic mass is 32.1. The summed E-state index contributed by atoms with van der Waals surface area (Å²) in [5.41, 5.74) is 1.72. The molecule has 0 aliphatic heterocycles. The number of rotatable bonds is 5. The molecule has 2 aromatic carbocycles. The Kier molecular flexibility index (Phi) is 5.11. The second-order valence-electron chi connectivity index (χ2n) is 6.34. The van der Waals surface area contributed by atoms with E-state index < -0.39 is 30.0 Å². The quantitative estimate of drug-likeness (QED) is 0.451. The van der Waals surface area contributed by atoms with Gasteiger partial charge < -0.3 is 15.5 Å². The second kappa shape index (κ2) is 7.88. The number of aliphatic carboxylic acids is 1. The number of carboxylic acid groups (broad SMARTS) is 1. The first-order valence-corrected chi connectivity index (χ1v) is 9.56. The smallest absolute Gasteiger partial charge is 0.322 e. The molecule has 0 bridgehead atoms. The van der Waals surface area contributed by atoms with E-state index in [0.717, 1.165) is 17.1 Å². The molecule has 0 aliphatic rings. The van der Waals surface area contributed by atoms with E-state index in [9.17, 15) is 19.1 Å². The summed E-state index contributed by atoms with van der Waals surface area (Å²) in [5.74, 6) is -2.90. The highest BCUT2D eigenvalue weighted by Gasteiger charge is 2.25. The molecule has 0 atom stereocenters. The number of pyridine rings is 1. The molecule has 0 saturated carbocycles. The van der Waals surface area contributed by atoms with Crippen molar-refractivity contribution in [2.75, 3.05) is 6.54 Å². The van der Waals surface area contributed by atoms with E-state index >= 15 is 0 Å². The molecular weight excluding hydrogens is 409 g/mol. The molecule has 1 amide bonds. The molecule has 4 rings (SSSR count). The Labute approximate surface area is 173 Å². The molecule has 0 unspecified atom stereocenters. The Balaban J connectivity index is 1.97. The van der Waals surface area contributed by atoms with Gasteiger partial charge in [-0.15, -0.1) is 0 Å². The minimum Gasteiger partial charge on any atom is -0.505 e. The molecule has 2 aromatic heterocycles. The van der Waals surface area contributed by atoms with E-state index in [2.05, 4.69) is 14.7 Å². The molecule has 30 heavy (non-hydrogen) atoms. The largest absolute Gasteiger partial charge is 0.505 e. The Morgan fingerprint density at radius 3 is 2.33 bits per heavy atom. The minimum absolute atomic E-state index is 0.320. The van der Waals surface area contributed by atoms with Crippen LogP contribution in [0.5, 0.6) is 5.75 Å². The summed E-state index contributed by atoms with van der Waals surface area (Å²) in [5, 5.41) is 22.2. The molecule has 2 heterocycles. The van der Waals surface area contributed by atoms with Gasteiger partial charge in [-0.3, -0.25) is 9.59 Å². The summed E-state index contributed by atoms with van der Waals surface area (Å²) >= 11 is 1.10. The van der Waals surface area contributed by atoms with Gasteiger partial charge in [0.2, 0.25) is 0 Å². The van der Waals surface area contributed by atoms with Gasteiger partial charge in [-0.1, -0.05) is 30.3 Å². The number of nitrogens with one attached hydrogen (secondary N) is 1. The third kappa shape index (κ3) is 3.58. The summed E-state index contributed by atoms with van der Waals surface area (Å²) in [4.78, 5) is 27.6. The van der Waals surface area contributed by atoms with Crippen LogP contribution in [0, 0.1) is 5.82 Å². The van der Waals surface area contributed by atoms with Crippen LogP contribution in [0.4, 0.5) is 4.39 Å². The predicted octanol–water partition coefficient (Wildman–Crippen LogP) is 3.68. The number of carboxylic acids is 1. The molecule has 0 spiro atoms. The summed E-state index contributed by atoms with van der Waals surface area (Å²) < 4.78 is 18.4. The minimum atomic E-state index is -1.23. The maximum atomic E-state index is 13.4. The predicted molar refractivity (Wildman–Crippen MR) is 110 cm³/mol. The van der Waals surface area contributed by atoms with Crippen LogP contribution >= 0.6 is 11.5 Å². The standard InChI is InChI=1S/C21H14FN3O4S/c22-13-8-6-12(7-9-13)17-20-15(16(25-30-20)11-4-2-1-3-5-11)19(28)18(24-17)21(29)23-10-14(26)27/h1-9,28H,10H2,(H,23,29)(H,26,27).